The van der Waals surface area contributed by atoms with E-state index >= 15 is 0 Å². The van der Waals surface area contributed by atoms with Gasteiger partial charge in [-0.2, -0.15) is 4.98 Å². The maximum absolute atomic E-state index is 13.5. The second-order valence-corrected chi connectivity index (χ2v) is 9.19. The van der Waals surface area contributed by atoms with E-state index in [0.717, 1.165) is 22.6 Å². The molecule has 9 heteroatoms. The molecule has 5 rings (SSSR count). The predicted molar refractivity (Wildman–Crippen MR) is 142 cm³/mol. The van der Waals surface area contributed by atoms with Crippen molar-refractivity contribution in [2.75, 3.05) is 38.2 Å². The third-order valence-electron chi connectivity index (χ3n) is 6.71. The monoisotopic (exact) mass is 517 g/mol. The number of anilines is 1. The van der Waals surface area contributed by atoms with Crippen LogP contribution in [0, 0.1) is 11.6 Å². The lowest BCUT2D eigenvalue weighted by molar-refractivity contribution is -0.131. The van der Waals surface area contributed by atoms with Crippen LogP contribution in [0.4, 0.5) is 14.6 Å². The molecular weight excluding hydrogens is 488 g/mol. The number of ether oxygens (including phenoxy) is 1. The Morgan fingerprint density at radius 1 is 0.895 bits per heavy atom. The van der Waals surface area contributed by atoms with E-state index in [1.54, 1.807) is 31.4 Å². The van der Waals surface area contributed by atoms with Gasteiger partial charge in [0.2, 0.25) is 11.8 Å². The van der Waals surface area contributed by atoms with E-state index in [9.17, 15) is 13.6 Å². The second kappa shape index (κ2) is 11.4. The fourth-order valence-electron chi connectivity index (χ4n) is 4.63. The zero-order chi connectivity index (χ0) is 26.5. The first kappa shape index (κ1) is 25.4. The molecule has 0 atom stereocenters. The first-order valence-electron chi connectivity index (χ1n) is 12.6. The van der Waals surface area contributed by atoms with Gasteiger partial charge in [-0.05, 0) is 67.4 Å². The van der Waals surface area contributed by atoms with Gasteiger partial charge in [-0.25, -0.2) is 13.8 Å². The molecule has 1 aliphatic rings. The summed E-state index contributed by atoms with van der Waals surface area (Å²) in [5, 5.41) is 0. The molecule has 196 valence electrons. The molecule has 3 heterocycles. The third kappa shape index (κ3) is 5.82. The molecule has 7 nitrogen and oxygen atoms in total. The number of aromatic nitrogens is 3. The van der Waals surface area contributed by atoms with Gasteiger partial charge < -0.3 is 19.5 Å². The van der Waals surface area contributed by atoms with Crippen molar-refractivity contribution in [2.45, 2.75) is 19.3 Å². The molecule has 4 aromatic rings. The normalized spacial score (nSPS) is 13.6. The highest BCUT2D eigenvalue weighted by molar-refractivity contribution is 5.76. The van der Waals surface area contributed by atoms with Crippen LogP contribution in [0.15, 0.2) is 66.7 Å². The van der Waals surface area contributed by atoms with Gasteiger partial charge >= 0.3 is 0 Å². The number of hydrogen-bond donors (Lipinski definition) is 1. The Morgan fingerprint density at radius 3 is 2.21 bits per heavy atom. The molecule has 1 amide bonds. The number of aryl methyl sites for hydroxylation is 1. The van der Waals surface area contributed by atoms with E-state index in [1.807, 2.05) is 23.1 Å². The Kier molecular flexibility index (Phi) is 7.62. The van der Waals surface area contributed by atoms with Gasteiger partial charge in [0.05, 0.1) is 12.8 Å². The quantitative estimate of drug-likeness (QED) is 0.352. The lowest BCUT2D eigenvalue weighted by Crippen LogP contribution is -2.49. The van der Waals surface area contributed by atoms with Crippen molar-refractivity contribution in [1.82, 2.24) is 19.9 Å². The van der Waals surface area contributed by atoms with Crippen LogP contribution in [-0.4, -0.2) is 59.0 Å². The topological polar surface area (TPSA) is 74.3 Å². The number of nitrogens with zero attached hydrogens (tertiary/aromatic N) is 4. The fourth-order valence-corrected chi connectivity index (χ4v) is 4.63. The fraction of sp³-hybridized carbons (Fsp3) is 0.276. The summed E-state index contributed by atoms with van der Waals surface area (Å²) >= 11 is 0. The number of carbonyl (C=O) groups is 1. The Hall–Kier alpha value is -4.27. The van der Waals surface area contributed by atoms with Gasteiger partial charge in [0, 0.05) is 55.5 Å². The van der Waals surface area contributed by atoms with Crippen LogP contribution in [0.25, 0.3) is 22.6 Å². The molecule has 0 aliphatic carbocycles. The van der Waals surface area contributed by atoms with Gasteiger partial charge in [-0.1, -0.05) is 6.07 Å². The summed E-state index contributed by atoms with van der Waals surface area (Å²) in [6.45, 7) is 2.69. The Bertz CT molecular complexity index is 1380. The summed E-state index contributed by atoms with van der Waals surface area (Å²) < 4.78 is 32.1. The Labute approximate surface area is 220 Å². The average molecular weight is 518 g/mol. The van der Waals surface area contributed by atoms with E-state index in [4.69, 9.17) is 9.72 Å². The molecule has 0 bridgehead atoms. The molecule has 1 N–H and O–H groups in total. The van der Waals surface area contributed by atoms with Gasteiger partial charge in [-0.3, -0.25) is 4.79 Å². The van der Waals surface area contributed by atoms with Crippen molar-refractivity contribution < 1.29 is 18.3 Å². The molecule has 0 unspecified atom stereocenters. The van der Waals surface area contributed by atoms with Gasteiger partial charge in [0.1, 0.15) is 23.3 Å². The third-order valence-corrected chi connectivity index (χ3v) is 6.71. The minimum atomic E-state index is -0.322. The molecule has 1 saturated heterocycles. The number of amides is 1. The van der Waals surface area contributed by atoms with Crippen molar-refractivity contribution >= 4 is 11.7 Å². The van der Waals surface area contributed by atoms with Gasteiger partial charge in [-0.15, -0.1) is 0 Å². The average Bonchev–Trinajstić information content (AvgIpc) is 3.38. The van der Waals surface area contributed by atoms with Gasteiger partial charge in [0.15, 0.2) is 0 Å². The highest BCUT2D eigenvalue weighted by Crippen LogP contribution is 2.28. The Balaban J connectivity index is 1.22. The number of pyridine rings is 1. The first-order valence-corrected chi connectivity index (χ1v) is 12.6. The molecule has 1 aliphatic heterocycles. The van der Waals surface area contributed by atoms with Crippen molar-refractivity contribution in [3.63, 3.8) is 0 Å². The number of benzene rings is 2. The summed E-state index contributed by atoms with van der Waals surface area (Å²) in [5.74, 6) is 1.50. The van der Waals surface area contributed by atoms with Crippen molar-refractivity contribution in [3.05, 3.63) is 84.1 Å². The standard InChI is InChI=1S/C29H29F2N5O2/c1-38-26-6-3-5-25(33-26)35-16-18-36(19-17-35)27(37)7-2-4-24-28(20-8-12-22(30)13-9-20)34-29(32-24)21-10-14-23(31)15-11-21/h3,5-6,8-15H,2,4,7,16-19H2,1H3,(H,32,34). The van der Waals surface area contributed by atoms with E-state index < -0.39 is 0 Å². The minimum Gasteiger partial charge on any atom is -0.481 e. The summed E-state index contributed by atoms with van der Waals surface area (Å²) in [7, 11) is 1.60. The zero-order valence-corrected chi connectivity index (χ0v) is 21.2. The van der Waals surface area contributed by atoms with Crippen LogP contribution < -0.4 is 9.64 Å². The van der Waals surface area contributed by atoms with Crippen LogP contribution in [0.1, 0.15) is 18.5 Å². The van der Waals surface area contributed by atoms with E-state index in [2.05, 4.69) is 14.9 Å². The molecule has 1 fully saturated rings. The number of aromatic amines is 1. The molecule has 38 heavy (non-hydrogen) atoms. The number of piperazine rings is 1. The molecule has 0 spiro atoms. The summed E-state index contributed by atoms with van der Waals surface area (Å²) in [5.41, 5.74) is 3.09. The van der Waals surface area contributed by atoms with Crippen LogP contribution in [-0.2, 0) is 11.2 Å². The first-order chi connectivity index (χ1) is 18.5. The SMILES string of the molecule is COc1cccc(N2CCN(C(=O)CCCc3[nH]c(-c4ccc(F)cc4)nc3-c3ccc(F)cc3)CC2)n1. The number of imidazole rings is 1. The maximum Gasteiger partial charge on any atom is 0.222 e. The largest absolute Gasteiger partial charge is 0.481 e. The number of nitrogens with one attached hydrogen (secondary N) is 1. The lowest BCUT2D eigenvalue weighted by Gasteiger charge is -2.35. The number of H-pyrrole nitrogens is 1. The van der Waals surface area contributed by atoms with Crippen LogP contribution in [0.5, 0.6) is 5.88 Å². The van der Waals surface area contributed by atoms with E-state index in [-0.39, 0.29) is 17.5 Å². The summed E-state index contributed by atoms with van der Waals surface area (Å²) in [6.07, 6.45) is 1.64. The smallest absolute Gasteiger partial charge is 0.222 e. The Morgan fingerprint density at radius 2 is 1.55 bits per heavy atom. The number of carbonyl (C=O) groups excluding carboxylic acids is 1. The van der Waals surface area contributed by atoms with E-state index in [0.29, 0.717) is 62.8 Å². The van der Waals surface area contributed by atoms with Crippen LogP contribution >= 0.6 is 0 Å². The second-order valence-electron chi connectivity index (χ2n) is 9.19. The van der Waals surface area contributed by atoms with Crippen molar-refractivity contribution in [2.24, 2.45) is 0 Å². The number of methoxy groups -OCH3 is 1. The number of halogens is 2. The highest BCUT2D eigenvalue weighted by atomic mass is 19.1. The summed E-state index contributed by atoms with van der Waals surface area (Å²) in [6, 6.07) is 17.9. The van der Waals surface area contributed by atoms with E-state index in [1.165, 1.54) is 24.3 Å². The molecule has 2 aromatic heterocycles. The number of rotatable bonds is 8. The van der Waals surface area contributed by atoms with Crippen LogP contribution in [0.2, 0.25) is 0 Å². The summed E-state index contributed by atoms with van der Waals surface area (Å²) in [4.78, 5) is 29.6. The van der Waals surface area contributed by atoms with Crippen molar-refractivity contribution in [1.29, 1.82) is 0 Å². The van der Waals surface area contributed by atoms with Crippen LogP contribution in [0.3, 0.4) is 0 Å². The maximum atomic E-state index is 13.5. The number of hydrogen-bond acceptors (Lipinski definition) is 5. The minimum absolute atomic E-state index is 0.116. The molecule has 0 radical (unpaired) electrons. The van der Waals surface area contributed by atoms with Gasteiger partial charge in [0.25, 0.3) is 0 Å². The highest BCUT2D eigenvalue weighted by Gasteiger charge is 2.22. The lowest BCUT2D eigenvalue weighted by atomic mass is 10.1. The zero-order valence-electron chi connectivity index (χ0n) is 21.2. The predicted octanol–water partition coefficient (Wildman–Crippen LogP) is 5.10. The molecule has 0 saturated carbocycles. The van der Waals surface area contributed by atoms with Crippen molar-refractivity contribution in [3.8, 4) is 28.5 Å². The molecule has 2 aromatic carbocycles. The molecular formula is C29H29F2N5O2.